The zero-order chi connectivity index (χ0) is 19.5. The third-order valence-electron chi connectivity index (χ3n) is 5.69. The summed E-state index contributed by atoms with van der Waals surface area (Å²) >= 11 is 0. The molecule has 6 heteroatoms. The number of carbonyl (C=O) groups is 1. The molecule has 0 N–H and O–H groups in total. The molecule has 1 aromatic carbocycles. The number of amides is 1. The smallest absolute Gasteiger partial charge is 0.272 e. The molecule has 28 heavy (non-hydrogen) atoms. The molecule has 2 aliphatic rings. The van der Waals surface area contributed by atoms with Crippen LogP contribution in [0.2, 0.25) is 0 Å². The highest BCUT2D eigenvalue weighted by Crippen LogP contribution is 2.24. The molecule has 0 unspecified atom stereocenters. The van der Waals surface area contributed by atoms with Gasteiger partial charge >= 0.3 is 0 Å². The van der Waals surface area contributed by atoms with E-state index in [0.29, 0.717) is 38.0 Å². The molecule has 0 atom stereocenters. The van der Waals surface area contributed by atoms with E-state index in [2.05, 4.69) is 23.7 Å². The molecule has 4 rings (SSSR count). The Kier molecular flexibility index (Phi) is 5.78. The third-order valence-corrected chi connectivity index (χ3v) is 5.69. The predicted octanol–water partition coefficient (Wildman–Crippen LogP) is 2.96. The molecule has 0 saturated carbocycles. The molecule has 1 amide bonds. The minimum Gasteiger partial charge on any atom is -0.490 e. The first-order valence-corrected chi connectivity index (χ1v) is 10.3. The first-order chi connectivity index (χ1) is 13.6. The van der Waals surface area contributed by atoms with Crippen molar-refractivity contribution in [3.8, 4) is 5.75 Å². The van der Waals surface area contributed by atoms with Gasteiger partial charge in [-0.25, -0.2) is 4.98 Å². The van der Waals surface area contributed by atoms with Crippen LogP contribution in [-0.2, 0) is 4.74 Å². The van der Waals surface area contributed by atoms with Gasteiger partial charge in [0.15, 0.2) is 0 Å². The Morgan fingerprint density at radius 2 is 1.86 bits per heavy atom. The maximum Gasteiger partial charge on any atom is 0.272 e. The Hall–Kier alpha value is -2.18. The highest BCUT2D eigenvalue weighted by Gasteiger charge is 2.22. The lowest BCUT2D eigenvalue weighted by Gasteiger charge is -2.34. The lowest BCUT2D eigenvalue weighted by atomic mass is 10.1. The van der Waals surface area contributed by atoms with Gasteiger partial charge in [0.25, 0.3) is 5.91 Å². The monoisotopic (exact) mass is 383 g/mol. The maximum atomic E-state index is 12.6. The number of aromatic nitrogens is 1. The zero-order valence-corrected chi connectivity index (χ0v) is 16.8. The van der Waals surface area contributed by atoms with Gasteiger partial charge in [-0.2, -0.15) is 0 Å². The highest BCUT2D eigenvalue weighted by molar-refractivity contribution is 5.95. The van der Waals surface area contributed by atoms with Crippen molar-refractivity contribution in [1.29, 1.82) is 0 Å². The Balaban J connectivity index is 1.43. The van der Waals surface area contributed by atoms with Gasteiger partial charge in [0.1, 0.15) is 17.5 Å². The number of likely N-dealkylation sites (tertiary alicyclic amines) is 1. The molecular formula is C22H29N3O3. The van der Waals surface area contributed by atoms with Crippen molar-refractivity contribution >= 4 is 16.8 Å². The van der Waals surface area contributed by atoms with Crippen molar-refractivity contribution in [2.24, 2.45) is 0 Å². The summed E-state index contributed by atoms with van der Waals surface area (Å²) in [4.78, 5) is 21.5. The quantitative estimate of drug-likeness (QED) is 0.813. The second-order valence-electron chi connectivity index (χ2n) is 7.90. The van der Waals surface area contributed by atoms with E-state index >= 15 is 0 Å². The zero-order valence-electron chi connectivity index (χ0n) is 16.8. The van der Waals surface area contributed by atoms with Gasteiger partial charge in [0.2, 0.25) is 0 Å². The van der Waals surface area contributed by atoms with E-state index in [9.17, 15) is 4.79 Å². The Morgan fingerprint density at radius 1 is 1.11 bits per heavy atom. The molecule has 0 bridgehead atoms. The number of hydrogen-bond acceptors (Lipinski definition) is 5. The molecule has 2 aromatic rings. The van der Waals surface area contributed by atoms with Crippen LogP contribution in [0.3, 0.4) is 0 Å². The Morgan fingerprint density at radius 3 is 2.57 bits per heavy atom. The lowest BCUT2D eigenvalue weighted by molar-refractivity contribution is 0.0299. The number of benzene rings is 1. The van der Waals surface area contributed by atoms with Crippen LogP contribution >= 0.6 is 0 Å². The van der Waals surface area contributed by atoms with Crippen molar-refractivity contribution < 1.29 is 14.3 Å². The number of hydrogen-bond donors (Lipinski definition) is 0. The molecule has 2 aliphatic heterocycles. The van der Waals surface area contributed by atoms with E-state index in [4.69, 9.17) is 9.47 Å². The average molecular weight is 383 g/mol. The number of piperidine rings is 1. The molecule has 0 spiro atoms. The second-order valence-corrected chi connectivity index (χ2v) is 7.90. The summed E-state index contributed by atoms with van der Waals surface area (Å²) in [5.74, 6) is 0.854. The number of nitrogens with zero attached hydrogens (tertiary/aromatic N) is 3. The van der Waals surface area contributed by atoms with Crippen LogP contribution in [-0.4, -0.2) is 72.2 Å². The number of morpholine rings is 1. The van der Waals surface area contributed by atoms with Crippen LogP contribution in [0.5, 0.6) is 5.75 Å². The van der Waals surface area contributed by atoms with Crippen LogP contribution in [0.15, 0.2) is 30.3 Å². The molecule has 2 saturated heterocycles. The molecule has 150 valence electrons. The third kappa shape index (κ3) is 4.28. The van der Waals surface area contributed by atoms with Crippen molar-refractivity contribution in [1.82, 2.24) is 14.8 Å². The summed E-state index contributed by atoms with van der Waals surface area (Å²) in [6.45, 7) is 9.11. The van der Waals surface area contributed by atoms with Gasteiger partial charge in [-0.05, 0) is 51.0 Å². The van der Waals surface area contributed by atoms with Gasteiger partial charge in [0, 0.05) is 37.6 Å². The Bertz CT molecular complexity index is 825. The largest absolute Gasteiger partial charge is 0.490 e. The molecule has 3 heterocycles. The van der Waals surface area contributed by atoms with Crippen LogP contribution in [0.4, 0.5) is 0 Å². The fraction of sp³-hybridized carbons (Fsp3) is 0.545. The fourth-order valence-electron chi connectivity index (χ4n) is 3.93. The molecular weight excluding hydrogens is 354 g/mol. The van der Waals surface area contributed by atoms with Gasteiger partial charge in [-0.3, -0.25) is 4.79 Å². The van der Waals surface area contributed by atoms with E-state index in [1.54, 1.807) is 4.90 Å². The van der Waals surface area contributed by atoms with E-state index in [1.807, 2.05) is 30.3 Å². The standard InChI is InChI=1S/C22H29N3O3/c1-16(2)24-9-7-18(8-10-24)28-19-4-6-20-17(15-19)3-5-21(23-20)22(26)25-11-13-27-14-12-25/h3-6,15-16,18H,7-14H2,1-2H3. The van der Waals surface area contributed by atoms with E-state index in [-0.39, 0.29) is 12.0 Å². The first-order valence-electron chi connectivity index (χ1n) is 10.3. The number of fused-ring (bicyclic) bond motifs is 1. The van der Waals surface area contributed by atoms with Crippen LogP contribution in [0, 0.1) is 0 Å². The summed E-state index contributed by atoms with van der Waals surface area (Å²) in [5.41, 5.74) is 1.31. The van der Waals surface area contributed by atoms with Crippen LogP contribution in [0.1, 0.15) is 37.2 Å². The van der Waals surface area contributed by atoms with E-state index in [0.717, 1.165) is 42.6 Å². The summed E-state index contributed by atoms with van der Waals surface area (Å²) in [6, 6.07) is 10.3. The summed E-state index contributed by atoms with van der Waals surface area (Å²) in [7, 11) is 0. The minimum absolute atomic E-state index is 0.0255. The fourth-order valence-corrected chi connectivity index (χ4v) is 3.93. The van der Waals surface area contributed by atoms with Crippen molar-refractivity contribution in [2.75, 3.05) is 39.4 Å². The number of pyridine rings is 1. The van der Waals surface area contributed by atoms with E-state index in [1.165, 1.54) is 0 Å². The number of rotatable bonds is 4. The minimum atomic E-state index is -0.0255. The van der Waals surface area contributed by atoms with Gasteiger partial charge in [0.05, 0.1) is 18.7 Å². The van der Waals surface area contributed by atoms with E-state index < -0.39 is 0 Å². The van der Waals surface area contributed by atoms with Gasteiger partial charge in [-0.1, -0.05) is 6.07 Å². The van der Waals surface area contributed by atoms with Gasteiger partial charge in [-0.15, -0.1) is 0 Å². The topological polar surface area (TPSA) is 54.9 Å². The van der Waals surface area contributed by atoms with Crippen molar-refractivity contribution in [3.63, 3.8) is 0 Å². The number of carbonyl (C=O) groups excluding carboxylic acids is 1. The predicted molar refractivity (Wildman–Crippen MR) is 109 cm³/mol. The summed E-state index contributed by atoms with van der Waals surface area (Å²) < 4.78 is 11.5. The molecule has 0 aliphatic carbocycles. The molecule has 0 radical (unpaired) electrons. The van der Waals surface area contributed by atoms with Crippen LogP contribution in [0.25, 0.3) is 10.9 Å². The average Bonchev–Trinajstić information content (AvgIpc) is 2.74. The van der Waals surface area contributed by atoms with Gasteiger partial charge < -0.3 is 19.3 Å². The molecule has 2 fully saturated rings. The first kappa shape index (κ1) is 19.2. The van der Waals surface area contributed by atoms with Crippen LogP contribution < -0.4 is 4.74 Å². The lowest BCUT2D eigenvalue weighted by Crippen LogP contribution is -2.41. The SMILES string of the molecule is CC(C)N1CCC(Oc2ccc3nc(C(=O)N4CCOCC4)ccc3c2)CC1. The highest BCUT2D eigenvalue weighted by atomic mass is 16.5. The molecule has 1 aromatic heterocycles. The maximum absolute atomic E-state index is 12.6. The summed E-state index contributed by atoms with van der Waals surface area (Å²) in [5, 5.41) is 0.996. The Labute approximate surface area is 166 Å². The number of ether oxygens (including phenoxy) is 2. The van der Waals surface area contributed by atoms with Crippen molar-refractivity contribution in [2.45, 2.75) is 38.8 Å². The summed E-state index contributed by atoms with van der Waals surface area (Å²) in [6.07, 6.45) is 2.38. The van der Waals surface area contributed by atoms with Crippen molar-refractivity contribution in [3.05, 3.63) is 36.0 Å². The second kappa shape index (κ2) is 8.45. The normalized spacial score (nSPS) is 19.3. The molecule has 6 nitrogen and oxygen atoms in total.